The Morgan fingerprint density at radius 1 is 0.551 bits per heavy atom. The smallest absolute Gasteiger partial charge is 0.237 e. The Kier molecular flexibility index (Phi) is 7.79. The highest BCUT2D eigenvalue weighted by Crippen LogP contribution is 2.57. The van der Waals surface area contributed by atoms with Crippen molar-refractivity contribution < 1.29 is 30.7 Å². The van der Waals surface area contributed by atoms with Gasteiger partial charge in [-0.05, 0) is 40.5 Å². The number of fused-ring (bicyclic) bond motifs is 2. The van der Waals surface area contributed by atoms with Gasteiger partial charge in [-0.15, -0.1) is 0 Å². The first-order valence-corrected chi connectivity index (χ1v) is 12.7. The van der Waals surface area contributed by atoms with E-state index in [0.717, 1.165) is 12.1 Å². The molecule has 0 atom stereocenters. The topological polar surface area (TPSA) is 113 Å². The van der Waals surface area contributed by atoms with E-state index < -0.39 is 130 Å². The van der Waals surface area contributed by atoms with Crippen molar-refractivity contribution in [3.8, 4) is 24.3 Å². The van der Waals surface area contributed by atoms with Gasteiger partial charge in [-0.2, -0.15) is 10.5 Å². The van der Waals surface area contributed by atoms with Gasteiger partial charge in [-0.25, -0.2) is 60.6 Å². The normalized spacial score (nSPS) is 14.6. The van der Waals surface area contributed by atoms with Crippen molar-refractivity contribution in [2.24, 2.45) is 0 Å². The third-order valence-corrected chi connectivity index (χ3v) is 7.47. The van der Waals surface area contributed by atoms with E-state index in [4.69, 9.17) is 31.6 Å². The molecule has 0 saturated carbocycles. The van der Waals surface area contributed by atoms with E-state index in [1.54, 1.807) is 0 Å². The van der Waals surface area contributed by atoms with Gasteiger partial charge >= 0.3 is 0 Å². The molecule has 0 amide bonds. The van der Waals surface area contributed by atoms with E-state index in [0.29, 0.717) is 0 Å². The highest BCUT2D eigenvalue weighted by atomic mass is 19.2. The molecule has 228 valence electrons. The second kappa shape index (κ2) is 11.8. The predicted octanol–water partition coefficient (Wildman–Crippen LogP) is 8.64. The van der Waals surface area contributed by atoms with E-state index in [2.05, 4.69) is 19.4 Å². The van der Waals surface area contributed by atoms with Gasteiger partial charge in [0.2, 0.25) is 5.70 Å². The van der Waals surface area contributed by atoms with Gasteiger partial charge in [0.1, 0.15) is 35.2 Å². The van der Waals surface area contributed by atoms with Crippen molar-refractivity contribution in [3.63, 3.8) is 0 Å². The molecular formula is C34H3F7N8. The lowest BCUT2D eigenvalue weighted by Gasteiger charge is -2.14. The van der Waals surface area contributed by atoms with Gasteiger partial charge in [-0.3, -0.25) is 0 Å². The SMILES string of the molecule is [C-]#[N+]C1=C(c2cc(F)c([N+]#[C-])c(F)c2F)/C(=C(/C#N)[N+]#[C-])c2cc3c(c(F)c21)C(C#N)=C(c1cc(F)c(C#N)c(F)c1F)/C3=C(\C#N)[N+]#[C-]. The van der Waals surface area contributed by atoms with Crippen LogP contribution in [0.1, 0.15) is 38.9 Å². The fraction of sp³-hybridized carbons (Fsp3) is 0. The Bertz CT molecular complexity index is 2450. The highest BCUT2D eigenvalue weighted by Gasteiger charge is 2.42. The Balaban J connectivity index is 2.04. The molecule has 0 aliphatic heterocycles. The fourth-order valence-electron chi connectivity index (χ4n) is 5.55. The quantitative estimate of drug-likeness (QED) is 0.119. The van der Waals surface area contributed by atoms with Crippen LogP contribution in [0.3, 0.4) is 0 Å². The minimum absolute atomic E-state index is 0.277. The Labute approximate surface area is 270 Å². The summed E-state index contributed by atoms with van der Waals surface area (Å²) in [7, 11) is 0. The van der Waals surface area contributed by atoms with E-state index in [-0.39, 0.29) is 12.1 Å². The minimum atomic E-state index is -2.02. The second-order valence-corrected chi connectivity index (χ2v) is 9.64. The van der Waals surface area contributed by atoms with E-state index in [9.17, 15) is 33.3 Å². The van der Waals surface area contributed by atoms with Crippen LogP contribution in [-0.4, -0.2) is 0 Å². The molecule has 0 bridgehead atoms. The molecule has 0 N–H and O–H groups in total. The molecule has 2 aliphatic rings. The van der Waals surface area contributed by atoms with Crippen LogP contribution in [0.25, 0.3) is 52.9 Å². The summed E-state index contributed by atoms with van der Waals surface area (Å²) in [6.45, 7) is 29.7. The Morgan fingerprint density at radius 2 is 1.08 bits per heavy atom. The summed E-state index contributed by atoms with van der Waals surface area (Å²) in [5.41, 5.74) is -15.0. The molecule has 49 heavy (non-hydrogen) atoms. The number of hydrogen-bond donors (Lipinski definition) is 0. The third kappa shape index (κ3) is 4.31. The van der Waals surface area contributed by atoms with Crippen molar-refractivity contribution in [1.29, 1.82) is 21.0 Å². The number of nitriles is 4. The molecule has 0 spiro atoms. The van der Waals surface area contributed by atoms with Crippen molar-refractivity contribution >= 4 is 39.2 Å². The first kappa shape index (κ1) is 32.4. The van der Waals surface area contributed by atoms with Gasteiger partial charge in [0, 0.05) is 33.4 Å². The molecule has 0 heterocycles. The van der Waals surface area contributed by atoms with Crippen molar-refractivity contribution in [1.82, 2.24) is 0 Å². The van der Waals surface area contributed by atoms with Crippen LogP contribution in [0.4, 0.5) is 36.4 Å². The van der Waals surface area contributed by atoms with E-state index in [1.807, 2.05) is 0 Å². The van der Waals surface area contributed by atoms with Crippen LogP contribution in [0, 0.1) is 112 Å². The number of benzene rings is 3. The Morgan fingerprint density at radius 3 is 1.59 bits per heavy atom. The van der Waals surface area contributed by atoms with Crippen molar-refractivity contribution in [2.75, 3.05) is 0 Å². The summed E-state index contributed by atoms with van der Waals surface area (Å²) in [5.74, 6) is -12.7. The van der Waals surface area contributed by atoms with Gasteiger partial charge in [0.25, 0.3) is 17.1 Å². The summed E-state index contributed by atoms with van der Waals surface area (Å²) in [4.78, 5) is 11.7. The fourth-order valence-corrected chi connectivity index (χ4v) is 5.55. The molecule has 0 unspecified atom stereocenters. The molecule has 3 aromatic carbocycles. The maximum atomic E-state index is 16.9. The van der Waals surface area contributed by atoms with Crippen LogP contribution in [0.2, 0.25) is 0 Å². The number of nitrogens with zero attached hydrogens (tertiary/aromatic N) is 8. The van der Waals surface area contributed by atoms with Crippen LogP contribution in [-0.2, 0) is 0 Å². The first-order chi connectivity index (χ1) is 23.4. The largest absolute Gasteiger partial charge is 0.270 e. The molecule has 2 aliphatic carbocycles. The highest BCUT2D eigenvalue weighted by molar-refractivity contribution is 6.29. The zero-order valence-corrected chi connectivity index (χ0v) is 23.5. The van der Waals surface area contributed by atoms with E-state index >= 15 is 13.2 Å². The van der Waals surface area contributed by atoms with Gasteiger partial charge in [0.15, 0.2) is 23.3 Å². The molecule has 15 heteroatoms. The lowest BCUT2D eigenvalue weighted by Crippen LogP contribution is -2.02. The first-order valence-electron chi connectivity index (χ1n) is 12.7. The molecule has 0 aromatic heterocycles. The van der Waals surface area contributed by atoms with Gasteiger partial charge < -0.3 is 0 Å². The molecule has 0 radical (unpaired) electrons. The molecular weight excluding hydrogens is 653 g/mol. The average molecular weight is 656 g/mol. The molecule has 3 aromatic rings. The van der Waals surface area contributed by atoms with Crippen molar-refractivity contribution in [3.05, 3.63) is 155 Å². The van der Waals surface area contributed by atoms with Crippen LogP contribution in [0.15, 0.2) is 29.6 Å². The lowest BCUT2D eigenvalue weighted by molar-refractivity contribution is 0.489. The predicted molar refractivity (Wildman–Crippen MR) is 154 cm³/mol. The molecule has 0 saturated heterocycles. The maximum absolute atomic E-state index is 16.9. The summed E-state index contributed by atoms with van der Waals surface area (Å²) >= 11 is 0. The molecule has 8 nitrogen and oxygen atoms in total. The van der Waals surface area contributed by atoms with E-state index in [1.165, 1.54) is 18.2 Å². The third-order valence-electron chi connectivity index (χ3n) is 7.47. The Hall–Kier alpha value is -7.95. The van der Waals surface area contributed by atoms with Gasteiger partial charge in [-0.1, -0.05) is 0 Å². The maximum Gasteiger partial charge on any atom is 0.270 e. The van der Waals surface area contributed by atoms with Crippen LogP contribution < -0.4 is 0 Å². The molecule has 5 rings (SSSR count). The van der Waals surface area contributed by atoms with Crippen LogP contribution in [0.5, 0.6) is 0 Å². The number of hydrogen-bond acceptors (Lipinski definition) is 4. The second-order valence-electron chi connectivity index (χ2n) is 9.64. The average Bonchev–Trinajstić information content (AvgIpc) is 3.59. The zero-order chi connectivity index (χ0) is 36.1. The summed E-state index contributed by atoms with van der Waals surface area (Å²) in [6, 6.07) is 6.93. The zero-order valence-electron chi connectivity index (χ0n) is 23.5. The van der Waals surface area contributed by atoms with Crippen LogP contribution >= 0.6 is 0 Å². The lowest BCUT2D eigenvalue weighted by atomic mass is 9.90. The number of allylic oxidation sites excluding steroid dienone is 7. The van der Waals surface area contributed by atoms with Crippen molar-refractivity contribution in [2.45, 2.75) is 0 Å². The van der Waals surface area contributed by atoms with Gasteiger partial charge in [0.05, 0.1) is 44.0 Å². The molecule has 0 fully saturated rings. The minimum Gasteiger partial charge on any atom is -0.237 e. The summed E-state index contributed by atoms with van der Waals surface area (Å²) in [5, 5.41) is 38.8. The number of rotatable bonds is 2. The standard InChI is InChI=1S/C34H3F7N8/c1-46-20(10-44)24-12-5-13-25(21(11-45)47-2)26(15-7-19(36)33(48-3)32(41)29(15)38)34(49-4)27(13)31(40)23(12)17(9-43)22(24)14-6-18(35)16(8-42)30(39)28(14)37/h5-7H/b24-20+,25-21-. The number of halogens is 7. The summed E-state index contributed by atoms with van der Waals surface area (Å²) < 4.78 is 107. The monoisotopic (exact) mass is 656 g/mol. The summed E-state index contributed by atoms with van der Waals surface area (Å²) in [6.07, 6.45) is 0.